The summed E-state index contributed by atoms with van der Waals surface area (Å²) < 4.78 is 6.66. The number of ketones is 1. The quantitative estimate of drug-likeness (QED) is 0.528. The van der Waals surface area contributed by atoms with E-state index in [4.69, 9.17) is 16.3 Å². The van der Waals surface area contributed by atoms with Crippen LogP contribution in [0, 0.1) is 0 Å². The minimum atomic E-state index is -0.693. The normalized spacial score (nSPS) is 17.3. The number of hydrogen-bond acceptors (Lipinski definition) is 5. The molecule has 2 heterocycles. The molecule has 2 unspecified atom stereocenters. The van der Waals surface area contributed by atoms with Gasteiger partial charge in [-0.25, -0.2) is 9.78 Å². The van der Waals surface area contributed by atoms with Crippen LogP contribution in [-0.2, 0) is 18.2 Å². The Morgan fingerprint density at radius 2 is 2.26 bits per heavy atom. The van der Waals surface area contributed by atoms with Crippen LogP contribution in [0.4, 0.5) is 5.69 Å². The van der Waals surface area contributed by atoms with Gasteiger partial charge < -0.3 is 14.6 Å². The van der Waals surface area contributed by atoms with Crippen LogP contribution in [0.3, 0.4) is 0 Å². The van der Waals surface area contributed by atoms with Gasteiger partial charge in [0.15, 0.2) is 11.4 Å². The molecule has 0 aliphatic carbocycles. The lowest BCUT2D eigenvalue weighted by Gasteiger charge is -2.10. The summed E-state index contributed by atoms with van der Waals surface area (Å²) in [5.41, 5.74) is 1.44. The summed E-state index contributed by atoms with van der Waals surface area (Å²) in [6.45, 7) is 1.58. The molecule has 1 aromatic carbocycles. The van der Waals surface area contributed by atoms with Gasteiger partial charge in [-0.05, 0) is 24.6 Å². The summed E-state index contributed by atoms with van der Waals surface area (Å²) in [4.78, 5) is 28.5. The van der Waals surface area contributed by atoms with Crippen LogP contribution >= 0.6 is 11.6 Å². The van der Waals surface area contributed by atoms with Crippen molar-refractivity contribution in [1.82, 2.24) is 9.55 Å². The highest BCUT2D eigenvalue weighted by molar-refractivity contribution is 6.20. The zero-order valence-corrected chi connectivity index (χ0v) is 13.5. The van der Waals surface area contributed by atoms with Gasteiger partial charge in [0.25, 0.3) is 0 Å². The maximum atomic E-state index is 12.5. The van der Waals surface area contributed by atoms with Crippen molar-refractivity contribution in [3.63, 3.8) is 0 Å². The van der Waals surface area contributed by atoms with Crippen molar-refractivity contribution >= 4 is 29.0 Å². The molecule has 1 aliphatic heterocycles. The van der Waals surface area contributed by atoms with Gasteiger partial charge in [-0.3, -0.25) is 4.79 Å². The van der Waals surface area contributed by atoms with Crippen LogP contribution < -0.4 is 5.32 Å². The number of halogens is 1. The number of hydrogen-bond donors (Lipinski definition) is 1. The highest BCUT2D eigenvalue weighted by Gasteiger charge is 2.30. The number of anilines is 1. The van der Waals surface area contributed by atoms with E-state index in [-0.39, 0.29) is 11.8 Å². The first-order valence-electron chi connectivity index (χ1n) is 7.21. The fraction of sp³-hybridized carbons (Fsp3) is 0.312. The van der Waals surface area contributed by atoms with E-state index in [0.717, 1.165) is 11.3 Å². The Morgan fingerprint density at radius 1 is 1.48 bits per heavy atom. The van der Waals surface area contributed by atoms with Gasteiger partial charge in [0.05, 0.1) is 11.6 Å². The number of carbonyl (C=O) groups is 2. The minimum Gasteiger partial charge on any atom is -0.443 e. The van der Waals surface area contributed by atoms with Gasteiger partial charge in [0.2, 0.25) is 5.78 Å². The predicted molar refractivity (Wildman–Crippen MR) is 85.8 cm³/mol. The number of alkyl halides is 1. The lowest BCUT2D eigenvalue weighted by Crippen LogP contribution is -2.29. The SMILES string of the molecule is CC(Cl)OC(=O)c1ccc2c(c1)NC(C(=O)c1nccn1C)C2. The van der Waals surface area contributed by atoms with Crippen molar-refractivity contribution in [3.05, 3.63) is 47.5 Å². The van der Waals surface area contributed by atoms with Crippen LogP contribution in [0.5, 0.6) is 0 Å². The van der Waals surface area contributed by atoms with E-state index in [1.54, 1.807) is 43.1 Å². The molecule has 1 N–H and O–H groups in total. The fourth-order valence-electron chi connectivity index (χ4n) is 2.61. The van der Waals surface area contributed by atoms with E-state index in [1.165, 1.54) is 0 Å². The van der Waals surface area contributed by atoms with Crippen LogP contribution in [0.25, 0.3) is 0 Å². The molecule has 0 bridgehead atoms. The van der Waals surface area contributed by atoms with Gasteiger partial charge in [0.1, 0.15) is 0 Å². The lowest BCUT2D eigenvalue weighted by atomic mass is 10.1. The Kier molecular flexibility index (Phi) is 4.09. The van der Waals surface area contributed by atoms with E-state index in [2.05, 4.69) is 10.3 Å². The predicted octanol–water partition coefficient (Wildman–Crippen LogP) is 2.38. The topological polar surface area (TPSA) is 73.2 Å². The van der Waals surface area contributed by atoms with Crippen LogP contribution in [0.2, 0.25) is 0 Å². The van der Waals surface area contributed by atoms with Gasteiger partial charge in [0, 0.05) is 31.5 Å². The third-order valence-corrected chi connectivity index (χ3v) is 3.82. The third kappa shape index (κ3) is 3.07. The molecule has 0 saturated carbocycles. The summed E-state index contributed by atoms with van der Waals surface area (Å²) >= 11 is 5.66. The number of aromatic nitrogens is 2. The number of benzene rings is 1. The smallest absolute Gasteiger partial charge is 0.339 e. The van der Waals surface area contributed by atoms with Crippen molar-refractivity contribution in [1.29, 1.82) is 0 Å². The molecule has 3 rings (SSSR count). The van der Waals surface area contributed by atoms with Crippen molar-refractivity contribution in [2.45, 2.75) is 24.9 Å². The molecule has 23 heavy (non-hydrogen) atoms. The number of fused-ring (bicyclic) bond motifs is 1. The Hall–Kier alpha value is -2.34. The molecule has 120 valence electrons. The fourth-order valence-corrected chi connectivity index (χ4v) is 2.69. The largest absolute Gasteiger partial charge is 0.443 e. The number of nitrogens with zero attached hydrogens (tertiary/aromatic N) is 2. The molecular weight excluding hydrogens is 318 g/mol. The second-order valence-electron chi connectivity index (χ2n) is 5.45. The molecule has 2 aromatic rings. The van der Waals surface area contributed by atoms with E-state index < -0.39 is 11.5 Å². The number of imidazole rings is 1. The summed E-state index contributed by atoms with van der Waals surface area (Å²) in [7, 11) is 1.78. The Bertz CT molecular complexity index is 770. The number of nitrogens with one attached hydrogen (secondary N) is 1. The molecule has 1 aromatic heterocycles. The van der Waals surface area contributed by atoms with Gasteiger partial charge >= 0.3 is 5.97 Å². The van der Waals surface area contributed by atoms with Crippen LogP contribution in [-0.4, -0.2) is 32.9 Å². The maximum Gasteiger partial charge on any atom is 0.339 e. The van der Waals surface area contributed by atoms with Crippen LogP contribution in [0.1, 0.15) is 33.5 Å². The molecule has 1 aliphatic rings. The zero-order valence-electron chi connectivity index (χ0n) is 12.7. The maximum absolute atomic E-state index is 12.5. The summed E-state index contributed by atoms with van der Waals surface area (Å²) in [6.07, 6.45) is 3.88. The first kappa shape index (κ1) is 15.6. The molecular formula is C16H16ClN3O3. The number of ether oxygens (including phenoxy) is 1. The van der Waals surface area contributed by atoms with Crippen molar-refractivity contribution in [2.75, 3.05) is 5.32 Å². The standard InChI is InChI=1S/C16H16ClN3O3/c1-9(17)23-16(22)11-4-3-10-7-13(19-12(10)8-11)14(21)15-18-5-6-20(15)2/h3-6,8-9,13,19H,7H2,1-2H3. The second kappa shape index (κ2) is 6.04. The molecule has 6 nitrogen and oxygen atoms in total. The third-order valence-electron chi connectivity index (χ3n) is 3.73. The highest BCUT2D eigenvalue weighted by Crippen LogP contribution is 2.28. The first-order chi connectivity index (χ1) is 11.0. The Balaban J connectivity index is 1.78. The summed E-state index contributed by atoms with van der Waals surface area (Å²) in [5.74, 6) is -0.158. The number of carbonyl (C=O) groups excluding carboxylic acids is 2. The van der Waals surface area contributed by atoms with Crippen molar-refractivity contribution in [3.8, 4) is 0 Å². The monoisotopic (exact) mass is 333 g/mol. The molecule has 0 radical (unpaired) electrons. The van der Waals surface area contributed by atoms with E-state index in [0.29, 0.717) is 17.8 Å². The second-order valence-corrected chi connectivity index (χ2v) is 6.06. The molecule has 0 amide bonds. The van der Waals surface area contributed by atoms with Crippen molar-refractivity contribution in [2.24, 2.45) is 7.05 Å². The highest BCUT2D eigenvalue weighted by atomic mass is 35.5. The number of esters is 1. The average molecular weight is 334 g/mol. The van der Waals surface area contributed by atoms with Gasteiger partial charge in [-0.15, -0.1) is 0 Å². The Labute approximate surface area is 138 Å². The summed E-state index contributed by atoms with van der Waals surface area (Å²) in [6, 6.07) is 4.80. The zero-order chi connectivity index (χ0) is 16.6. The Morgan fingerprint density at radius 3 is 2.91 bits per heavy atom. The number of rotatable bonds is 4. The van der Waals surface area contributed by atoms with Crippen molar-refractivity contribution < 1.29 is 14.3 Å². The lowest BCUT2D eigenvalue weighted by molar-refractivity contribution is 0.0472. The molecule has 0 saturated heterocycles. The molecule has 2 atom stereocenters. The average Bonchev–Trinajstić information content (AvgIpc) is 3.10. The molecule has 0 spiro atoms. The molecule has 7 heteroatoms. The van der Waals surface area contributed by atoms with E-state index >= 15 is 0 Å². The van der Waals surface area contributed by atoms with Gasteiger partial charge in [-0.1, -0.05) is 17.7 Å². The van der Waals surface area contributed by atoms with Crippen LogP contribution in [0.15, 0.2) is 30.6 Å². The van der Waals surface area contributed by atoms with E-state index in [9.17, 15) is 9.59 Å². The molecule has 0 fully saturated rings. The number of Topliss-reactive ketones (excluding diaryl/α,β-unsaturated/α-hetero) is 1. The summed E-state index contributed by atoms with van der Waals surface area (Å²) in [5, 5.41) is 3.15. The number of aryl methyl sites for hydroxylation is 1. The van der Waals surface area contributed by atoms with Gasteiger partial charge in [-0.2, -0.15) is 0 Å². The first-order valence-corrected chi connectivity index (χ1v) is 7.65. The minimum absolute atomic E-state index is 0.0767. The van der Waals surface area contributed by atoms with E-state index in [1.807, 2.05) is 6.07 Å².